The quantitative estimate of drug-likeness (QED) is 0.575. The molecule has 1 aromatic carbocycles. The predicted molar refractivity (Wildman–Crippen MR) is 84.8 cm³/mol. The summed E-state index contributed by atoms with van der Waals surface area (Å²) in [6.45, 7) is 1.96. The van der Waals surface area contributed by atoms with Gasteiger partial charge in [-0.25, -0.2) is 0 Å². The van der Waals surface area contributed by atoms with Gasteiger partial charge in [-0.3, -0.25) is 15.1 Å². The van der Waals surface area contributed by atoms with Crippen LogP contribution in [0.4, 0.5) is 0 Å². The van der Waals surface area contributed by atoms with E-state index in [2.05, 4.69) is 10.1 Å². The molecule has 0 saturated carbocycles. The first-order valence-electron chi connectivity index (χ1n) is 6.47. The number of pyridine rings is 1. The second kappa shape index (κ2) is 5.21. The molecule has 0 spiro atoms. The minimum Gasteiger partial charge on any atom is -0.384 e. The summed E-state index contributed by atoms with van der Waals surface area (Å²) in [5, 5.41) is 14.1. The number of nitrogens with one attached hydrogen (secondary N) is 1. The molecule has 0 aliphatic rings. The molecule has 0 fully saturated rings. The molecular weight excluding hydrogens is 282 g/mol. The van der Waals surface area contributed by atoms with Gasteiger partial charge >= 0.3 is 0 Å². The molecule has 3 aromatic rings. The van der Waals surface area contributed by atoms with Crippen molar-refractivity contribution in [1.82, 2.24) is 14.8 Å². The number of aryl methyl sites for hydroxylation is 2. The fraction of sp³-hybridized carbons (Fsp3) is 0.133. The summed E-state index contributed by atoms with van der Waals surface area (Å²) in [6.07, 6.45) is 1.66. The molecule has 3 rings (SSSR count). The zero-order valence-corrected chi connectivity index (χ0v) is 12.6. The number of nitrogens with zero attached hydrogens (tertiary/aromatic N) is 3. The topological polar surface area (TPSA) is 80.6 Å². The Morgan fingerprint density at radius 1 is 1.33 bits per heavy atom. The molecule has 0 radical (unpaired) electrons. The third-order valence-corrected chi connectivity index (χ3v) is 4.42. The summed E-state index contributed by atoms with van der Waals surface area (Å²) in [4.78, 5) is 5.32. The van der Waals surface area contributed by atoms with Crippen LogP contribution in [0.5, 0.6) is 0 Å². The van der Waals surface area contributed by atoms with Crippen LogP contribution < -0.4 is 5.73 Å². The number of para-hydroxylation sites is 1. The second-order valence-corrected chi connectivity index (χ2v) is 5.81. The van der Waals surface area contributed by atoms with Crippen LogP contribution in [0.3, 0.4) is 0 Å². The van der Waals surface area contributed by atoms with Crippen LogP contribution in [0.15, 0.2) is 46.5 Å². The molecule has 0 unspecified atom stereocenters. The lowest BCUT2D eigenvalue weighted by Crippen LogP contribution is -2.13. The van der Waals surface area contributed by atoms with Crippen LogP contribution in [0.2, 0.25) is 0 Å². The molecule has 0 saturated heterocycles. The lowest BCUT2D eigenvalue weighted by Gasteiger charge is -2.11. The van der Waals surface area contributed by atoms with Crippen molar-refractivity contribution in [2.75, 3.05) is 0 Å². The van der Waals surface area contributed by atoms with Gasteiger partial charge in [0.1, 0.15) is 5.84 Å². The highest BCUT2D eigenvalue weighted by atomic mass is 32.2. The fourth-order valence-electron chi connectivity index (χ4n) is 2.20. The minimum absolute atomic E-state index is 0.0228. The molecule has 0 atom stereocenters. The number of nitrogen functional groups attached to an aromatic ring is 1. The van der Waals surface area contributed by atoms with Gasteiger partial charge in [0.25, 0.3) is 0 Å². The third kappa shape index (κ3) is 2.50. The van der Waals surface area contributed by atoms with Crippen LogP contribution in [-0.4, -0.2) is 20.6 Å². The van der Waals surface area contributed by atoms with E-state index in [1.807, 2.05) is 49.0 Å². The van der Waals surface area contributed by atoms with Gasteiger partial charge in [-0.1, -0.05) is 30.0 Å². The van der Waals surface area contributed by atoms with Crippen LogP contribution >= 0.6 is 11.8 Å². The van der Waals surface area contributed by atoms with E-state index in [0.29, 0.717) is 5.56 Å². The molecule has 5 nitrogen and oxygen atoms in total. The Morgan fingerprint density at radius 2 is 2.10 bits per heavy atom. The highest BCUT2D eigenvalue weighted by Gasteiger charge is 2.14. The van der Waals surface area contributed by atoms with E-state index in [0.717, 1.165) is 26.5 Å². The zero-order chi connectivity index (χ0) is 15.0. The molecule has 0 aliphatic heterocycles. The smallest absolute Gasteiger partial charge is 0.125 e. The molecule has 106 valence electrons. The van der Waals surface area contributed by atoms with Gasteiger partial charge < -0.3 is 5.73 Å². The van der Waals surface area contributed by atoms with Gasteiger partial charge in [0.15, 0.2) is 0 Å². The first-order chi connectivity index (χ1) is 10.1. The number of aromatic nitrogens is 3. The van der Waals surface area contributed by atoms with Gasteiger partial charge in [0.2, 0.25) is 0 Å². The van der Waals surface area contributed by atoms with Crippen LogP contribution in [0.25, 0.3) is 10.9 Å². The van der Waals surface area contributed by atoms with E-state index in [-0.39, 0.29) is 5.84 Å². The summed E-state index contributed by atoms with van der Waals surface area (Å²) in [7, 11) is 1.91. The third-order valence-electron chi connectivity index (χ3n) is 3.18. The van der Waals surface area contributed by atoms with Crippen molar-refractivity contribution in [1.29, 1.82) is 5.41 Å². The number of hydrogen-bond acceptors (Lipinski definition) is 4. The fourth-order valence-corrected chi connectivity index (χ4v) is 3.37. The molecule has 0 aliphatic carbocycles. The van der Waals surface area contributed by atoms with E-state index in [4.69, 9.17) is 11.1 Å². The largest absolute Gasteiger partial charge is 0.384 e. The Hall–Kier alpha value is -2.34. The number of benzene rings is 1. The van der Waals surface area contributed by atoms with E-state index in [1.54, 1.807) is 18.0 Å². The Kier molecular flexibility index (Phi) is 3.39. The maximum Gasteiger partial charge on any atom is 0.125 e. The predicted octanol–water partition coefficient (Wildman–Crippen LogP) is 2.71. The molecular formula is C15H15N5S. The highest BCUT2D eigenvalue weighted by Crippen LogP contribution is 2.35. The minimum atomic E-state index is 0.0228. The number of amidine groups is 1. The maximum absolute atomic E-state index is 7.78. The second-order valence-electron chi connectivity index (χ2n) is 4.78. The van der Waals surface area contributed by atoms with Gasteiger partial charge in [0, 0.05) is 29.1 Å². The van der Waals surface area contributed by atoms with Crippen molar-refractivity contribution in [3.8, 4) is 0 Å². The molecule has 2 heterocycles. The summed E-state index contributed by atoms with van der Waals surface area (Å²) in [6, 6.07) is 9.89. The highest BCUT2D eigenvalue weighted by molar-refractivity contribution is 7.99. The Morgan fingerprint density at radius 3 is 2.76 bits per heavy atom. The monoisotopic (exact) mass is 297 g/mol. The van der Waals surface area contributed by atoms with Crippen molar-refractivity contribution in [3.63, 3.8) is 0 Å². The van der Waals surface area contributed by atoms with Gasteiger partial charge in [0.05, 0.1) is 16.2 Å². The van der Waals surface area contributed by atoms with Crippen molar-refractivity contribution >= 4 is 28.5 Å². The van der Waals surface area contributed by atoms with E-state index >= 15 is 0 Å². The van der Waals surface area contributed by atoms with Crippen molar-refractivity contribution in [3.05, 3.63) is 47.8 Å². The normalized spacial score (nSPS) is 11.0. The van der Waals surface area contributed by atoms with Gasteiger partial charge in [-0.15, -0.1) is 0 Å². The zero-order valence-electron chi connectivity index (χ0n) is 11.8. The van der Waals surface area contributed by atoms with E-state index in [1.165, 1.54) is 0 Å². The van der Waals surface area contributed by atoms with Gasteiger partial charge in [-0.2, -0.15) is 5.10 Å². The number of rotatable bonds is 3. The molecule has 0 amide bonds. The summed E-state index contributed by atoms with van der Waals surface area (Å²) in [5.41, 5.74) is 8.21. The van der Waals surface area contributed by atoms with Crippen LogP contribution in [0.1, 0.15) is 11.3 Å². The maximum atomic E-state index is 7.78. The molecule has 21 heavy (non-hydrogen) atoms. The standard InChI is InChI=1S/C15H15N5S/c1-9-7-13(20(2)19-9)21-14-10-5-3-4-6-12(10)18-8-11(14)15(16)17/h3-8H,1-2H3,(H3,16,17). The van der Waals surface area contributed by atoms with Crippen molar-refractivity contribution < 1.29 is 0 Å². The molecule has 2 aromatic heterocycles. The first kappa shape index (κ1) is 13.6. The molecule has 0 bridgehead atoms. The molecule has 6 heteroatoms. The number of hydrogen-bond donors (Lipinski definition) is 2. The average molecular weight is 297 g/mol. The number of nitrogens with two attached hydrogens (primary N) is 1. The van der Waals surface area contributed by atoms with Crippen molar-refractivity contribution in [2.24, 2.45) is 12.8 Å². The van der Waals surface area contributed by atoms with Crippen molar-refractivity contribution in [2.45, 2.75) is 16.8 Å². The van der Waals surface area contributed by atoms with E-state index in [9.17, 15) is 0 Å². The number of fused-ring (bicyclic) bond motifs is 1. The SMILES string of the molecule is Cc1cc(Sc2c(C(=N)N)cnc3ccccc23)n(C)n1. The molecule has 3 N–H and O–H groups in total. The summed E-state index contributed by atoms with van der Waals surface area (Å²) < 4.78 is 1.83. The average Bonchev–Trinajstić information content (AvgIpc) is 2.77. The lowest BCUT2D eigenvalue weighted by molar-refractivity contribution is 0.692. The van der Waals surface area contributed by atoms with E-state index < -0.39 is 0 Å². The summed E-state index contributed by atoms with van der Waals surface area (Å²) >= 11 is 1.56. The Balaban J connectivity index is 2.21. The van der Waals surface area contributed by atoms with Crippen LogP contribution in [-0.2, 0) is 7.05 Å². The Labute approximate surface area is 126 Å². The first-order valence-corrected chi connectivity index (χ1v) is 7.28. The van der Waals surface area contributed by atoms with Gasteiger partial charge in [-0.05, 0) is 19.1 Å². The Bertz CT molecular complexity index is 837. The lowest BCUT2D eigenvalue weighted by atomic mass is 10.1. The summed E-state index contributed by atoms with van der Waals surface area (Å²) in [5.74, 6) is 0.0228. The van der Waals surface area contributed by atoms with Crippen LogP contribution in [0, 0.1) is 12.3 Å².